The molecule has 0 amide bonds. The van der Waals surface area contributed by atoms with Crippen molar-refractivity contribution in [3.8, 4) is 11.3 Å². The Labute approximate surface area is 120 Å². The van der Waals surface area contributed by atoms with E-state index in [-0.39, 0.29) is 11.0 Å². The van der Waals surface area contributed by atoms with Gasteiger partial charge in [0.05, 0.1) is 15.2 Å². The van der Waals surface area contributed by atoms with Crippen LogP contribution in [0.1, 0.15) is 0 Å². The van der Waals surface area contributed by atoms with E-state index in [9.17, 15) is 4.39 Å². The Bertz CT molecular complexity index is 788. The van der Waals surface area contributed by atoms with Crippen LogP contribution >= 0.6 is 27.5 Å². The van der Waals surface area contributed by atoms with Gasteiger partial charge in [-0.05, 0) is 34.1 Å². The van der Waals surface area contributed by atoms with Crippen molar-refractivity contribution in [1.29, 1.82) is 0 Å². The first-order chi connectivity index (χ1) is 9.08. The van der Waals surface area contributed by atoms with Gasteiger partial charge in [-0.2, -0.15) is 0 Å². The summed E-state index contributed by atoms with van der Waals surface area (Å²) in [6, 6.07) is 4.06. The monoisotopic (exact) mass is 341 g/mol. The summed E-state index contributed by atoms with van der Waals surface area (Å²) < 4.78 is 15.2. The number of fused-ring (bicyclic) bond motifs is 1. The fourth-order valence-electron chi connectivity index (χ4n) is 1.74. The number of nitrogens with zero attached hydrogens (tertiary/aromatic N) is 4. The number of hydrogen-bond donors (Lipinski definition) is 1. The molecule has 0 unspecified atom stereocenters. The Kier molecular flexibility index (Phi) is 2.87. The van der Waals surface area contributed by atoms with Crippen LogP contribution in [0.15, 0.2) is 29.0 Å². The molecule has 19 heavy (non-hydrogen) atoms. The summed E-state index contributed by atoms with van der Waals surface area (Å²) in [6.07, 6.45) is 1.46. The molecule has 2 heterocycles. The highest BCUT2D eigenvalue weighted by Gasteiger charge is 2.16. The van der Waals surface area contributed by atoms with E-state index in [0.717, 1.165) is 0 Å². The smallest absolute Gasteiger partial charge is 0.207 e. The molecule has 2 N–H and O–H groups in total. The van der Waals surface area contributed by atoms with Crippen molar-refractivity contribution in [2.24, 2.45) is 0 Å². The van der Waals surface area contributed by atoms with E-state index in [1.165, 1.54) is 28.9 Å². The summed E-state index contributed by atoms with van der Waals surface area (Å²) in [6.45, 7) is 0. The van der Waals surface area contributed by atoms with Gasteiger partial charge in [0.25, 0.3) is 0 Å². The van der Waals surface area contributed by atoms with Crippen LogP contribution in [-0.4, -0.2) is 19.6 Å². The highest BCUT2D eigenvalue weighted by atomic mass is 79.9. The quantitative estimate of drug-likeness (QED) is 0.738. The van der Waals surface area contributed by atoms with Crippen LogP contribution in [-0.2, 0) is 0 Å². The van der Waals surface area contributed by atoms with Crippen LogP contribution in [0.2, 0.25) is 5.02 Å². The van der Waals surface area contributed by atoms with Crippen molar-refractivity contribution in [1.82, 2.24) is 19.6 Å². The number of benzene rings is 1. The fourth-order valence-corrected chi connectivity index (χ4v) is 2.57. The van der Waals surface area contributed by atoms with Crippen LogP contribution in [0.5, 0.6) is 0 Å². The maximum absolute atomic E-state index is 13.1. The standard InChI is InChI=1S/C11H6BrClFN5/c12-8-9(6-2-1-5(14)3-7(6)13)17-11(15)19-4-16-18-10(8)19/h1-4H,(H2,15,17). The molecule has 0 saturated heterocycles. The van der Waals surface area contributed by atoms with E-state index < -0.39 is 5.82 Å². The van der Waals surface area contributed by atoms with Gasteiger partial charge in [-0.25, -0.2) is 9.37 Å². The Morgan fingerprint density at radius 2 is 2.16 bits per heavy atom. The Morgan fingerprint density at radius 3 is 2.89 bits per heavy atom. The molecule has 0 bridgehead atoms. The van der Waals surface area contributed by atoms with Gasteiger partial charge >= 0.3 is 0 Å². The first-order valence-corrected chi connectivity index (χ1v) is 6.35. The number of hydrogen-bond acceptors (Lipinski definition) is 4. The molecule has 0 radical (unpaired) electrons. The largest absolute Gasteiger partial charge is 0.369 e. The van der Waals surface area contributed by atoms with Gasteiger partial charge in [-0.1, -0.05) is 11.6 Å². The lowest BCUT2D eigenvalue weighted by atomic mass is 10.1. The van der Waals surface area contributed by atoms with Gasteiger partial charge < -0.3 is 5.73 Å². The average molecular weight is 343 g/mol. The maximum Gasteiger partial charge on any atom is 0.207 e. The van der Waals surface area contributed by atoms with Gasteiger partial charge in [0, 0.05) is 5.56 Å². The third-order valence-electron chi connectivity index (χ3n) is 2.61. The Hall–Kier alpha value is -1.73. The van der Waals surface area contributed by atoms with Crippen molar-refractivity contribution in [3.05, 3.63) is 39.8 Å². The predicted octanol–water partition coefficient (Wildman–Crippen LogP) is 2.93. The first kappa shape index (κ1) is 12.3. The second-order valence-corrected chi connectivity index (χ2v) is 4.98. The van der Waals surface area contributed by atoms with E-state index in [4.69, 9.17) is 17.3 Å². The summed E-state index contributed by atoms with van der Waals surface area (Å²) >= 11 is 9.42. The van der Waals surface area contributed by atoms with Crippen molar-refractivity contribution in [3.63, 3.8) is 0 Å². The zero-order valence-electron chi connectivity index (χ0n) is 9.31. The molecule has 1 aromatic carbocycles. The van der Waals surface area contributed by atoms with Crippen molar-refractivity contribution < 1.29 is 4.39 Å². The molecule has 0 fully saturated rings. The van der Waals surface area contributed by atoms with Crippen LogP contribution in [0, 0.1) is 5.82 Å². The van der Waals surface area contributed by atoms with Gasteiger partial charge in [0.15, 0.2) is 5.65 Å². The van der Waals surface area contributed by atoms with E-state index in [1.807, 2.05) is 0 Å². The molecule has 96 valence electrons. The van der Waals surface area contributed by atoms with Crippen LogP contribution in [0.4, 0.5) is 10.3 Å². The summed E-state index contributed by atoms with van der Waals surface area (Å²) in [5, 5.41) is 7.95. The highest BCUT2D eigenvalue weighted by molar-refractivity contribution is 9.10. The zero-order valence-corrected chi connectivity index (χ0v) is 11.7. The average Bonchev–Trinajstić information content (AvgIpc) is 2.84. The molecule has 3 rings (SSSR count). The van der Waals surface area contributed by atoms with Crippen molar-refractivity contribution in [2.45, 2.75) is 0 Å². The van der Waals surface area contributed by atoms with Gasteiger partial charge in [-0.15, -0.1) is 10.2 Å². The second kappa shape index (κ2) is 4.43. The summed E-state index contributed by atoms with van der Waals surface area (Å²) in [4.78, 5) is 4.24. The SMILES string of the molecule is Nc1nc(-c2ccc(F)cc2Cl)c(Br)c2nncn12. The van der Waals surface area contributed by atoms with E-state index in [0.29, 0.717) is 21.4 Å². The van der Waals surface area contributed by atoms with Crippen LogP contribution < -0.4 is 5.73 Å². The summed E-state index contributed by atoms with van der Waals surface area (Å²) in [5.74, 6) is -0.194. The molecule has 0 aliphatic rings. The lowest BCUT2D eigenvalue weighted by molar-refractivity contribution is 0.628. The number of nitrogen functional groups attached to an aromatic ring is 1. The minimum atomic E-state index is -0.415. The van der Waals surface area contributed by atoms with Crippen LogP contribution in [0.25, 0.3) is 16.9 Å². The van der Waals surface area contributed by atoms with Crippen LogP contribution in [0.3, 0.4) is 0 Å². The maximum atomic E-state index is 13.1. The predicted molar refractivity (Wildman–Crippen MR) is 73.3 cm³/mol. The fraction of sp³-hybridized carbons (Fsp3) is 0. The van der Waals surface area contributed by atoms with E-state index in [2.05, 4.69) is 31.1 Å². The Morgan fingerprint density at radius 1 is 1.37 bits per heavy atom. The minimum absolute atomic E-state index is 0.221. The second-order valence-electron chi connectivity index (χ2n) is 3.78. The molecule has 0 saturated carbocycles. The van der Waals surface area contributed by atoms with Crippen molar-refractivity contribution in [2.75, 3.05) is 5.73 Å². The lowest BCUT2D eigenvalue weighted by Gasteiger charge is -2.08. The van der Waals surface area contributed by atoms with Gasteiger partial charge in [0.1, 0.15) is 12.1 Å². The molecule has 5 nitrogen and oxygen atoms in total. The Balaban J connectivity index is 2.33. The van der Waals surface area contributed by atoms with Gasteiger partial charge in [-0.3, -0.25) is 4.40 Å². The third kappa shape index (κ3) is 1.95. The normalized spacial score (nSPS) is 11.1. The van der Waals surface area contributed by atoms with Crippen molar-refractivity contribution >= 4 is 39.1 Å². The molecular formula is C11H6BrClFN5. The number of nitrogens with two attached hydrogens (primary N) is 1. The summed E-state index contributed by atoms with van der Waals surface area (Å²) in [7, 11) is 0. The molecule has 3 aromatic rings. The topological polar surface area (TPSA) is 69.1 Å². The van der Waals surface area contributed by atoms with Gasteiger partial charge in [0.2, 0.25) is 5.95 Å². The molecule has 0 aliphatic heterocycles. The number of rotatable bonds is 1. The van der Waals surface area contributed by atoms with E-state index >= 15 is 0 Å². The summed E-state index contributed by atoms with van der Waals surface area (Å²) in [5.41, 5.74) is 7.39. The highest BCUT2D eigenvalue weighted by Crippen LogP contribution is 2.34. The molecule has 0 spiro atoms. The molecule has 2 aromatic heterocycles. The molecule has 0 aliphatic carbocycles. The molecule has 0 atom stereocenters. The third-order valence-corrected chi connectivity index (χ3v) is 3.65. The zero-order chi connectivity index (χ0) is 13.6. The lowest BCUT2D eigenvalue weighted by Crippen LogP contribution is -2.02. The molecule has 8 heteroatoms. The number of anilines is 1. The number of halogens is 3. The minimum Gasteiger partial charge on any atom is -0.369 e. The first-order valence-electron chi connectivity index (χ1n) is 5.18. The number of aromatic nitrogens is 4. The van der Waals surface area contributed by atoms with E-state index in [1.54, 1.807) is 0 Å². The molecular weight excluding hydrogens is 337 g/mol.